The summed E-state index contributed by atoms with van der Waals surface area (Å²) in [5.41, 5.74) is -0.809. The predicted octanol–water partition coefficient (Wildman–Crippen LogP) is 4.03. The van der Waals surface area contributed by atoms with Gasteiger partial charge in [0.25, 0.3) is 5.91 Å². The van der Waals surface area contributed by atoms with Crippen LogP contribution in [0.3, 0.4) is 0 Å². The Morgan fingerprint density at radius 1 is 1.15 bits per heavy atom. The zero-order chi connectivity index (χ0) is 19.8. The first-order chi connectivity index (χ1) is 12.6. The number of piperidine rings is 1. The molecule has 0 atom stereocenters. The molecule has 2 amide bonds. The molecule has 1 saturated heterocycles. The number of ether oxygens (including phenoxy) is 1. The second-order valence-corrected chi connectivity index (χ2v) is 8.07. The molecule has 1 aromatic carbocycles. The monoisotopic (exact) mass is 378 g/mol. The maximum atomic E-state index is 13.7. The smallest absolute Gasteiger partial charge is 0.410 e. The Bertz CT molecular complexity index is 778. The van der Waals surface area contributed by atoms with Crippen molar-refractivity contribution in [2.45, 2.75) is 51.2 Å². The molecule has 7 heteroatoms. The molecule has 2 aliphatic rings. The summed E-state index contributed by atoms with van der Waals surface area (Å²) < 4.78 is 32.5. The molecule has 0 saturated carbocycles. The van der Waals surface area contributed by atoms with Gasteiger partial charge in [-0.05, 0) is 58.2 Å². The molecule has 1 aromatic rings. The molecule has 5 nitrogen and oxygen atoms in total. The van der Waals surface area contributed by atoms with Crippen molar-refractivity contribution in [3.63, 3.8) is 0 Å². The van der Waals surface area contributed by atoms with E-state index in [4.69, 9.17) is 4.74 Å². The quantitative estimate of drug-likeness (QED) is 0.741. The summed E-state index contributed by atoms with van der Waals surface area (Å²) in [5.74, 6) is -2.21. The van der Waals surface area contributed by atoms with Gasteiger partial charge in [-0.1, -0.05) is 6.08 Å². The standard InChI is InChI=1S/C20H24F2N2O3/c1-19(2,3)27-18(26)23-11-9-20(10-12-23)8-4-5-17(25)24(20)14-6-7-15(21)16(22)13-14/h4-7,13H,8-12H2,1-3H3. The second kappa shape index (κ2) is 6.94. The molecule has 27 heavy (non-hydrogen) atoms. The third-order valence-corrected chi connectivity index (χ3v) is 4.96. The molecule has 2 aliphatic heterocycles. The van der Waals surface area contributed by atoms with Gasteiger partial charge in [0.2, 0.25) is 0 Å². The number of benzene rings is 1. The predicted molar refractivity (Wildman–Crippen MR) is 97.4 cm³/mol. The van der Waals surface area contributed by atoms with Gasteiger partial charge in [-0.3, -0.25) is 4.79 Å². The van der Waals surface area contributed by atoms with Crippen LogP contribution in [0.4, 0.5) is 19.3 Å². The first kappa shape index (κ1) is 19.3. The van der Waals surface area contributed by atoms with Crippen molar-refractivity contribution in [2.75, 3.05) is 18.0 Å². The third kappa shape index (κ3) is 3.96. The highest BCUT2D eigenvalue weighted by Crippen LogP contribution is 2.39. The number of hydrogen-bond acceptors (Lipinski definition) is 3. The fourth-order valence-electron chi connectivity index (χ4n) is 3.66. The zero-order valence-corrected chi connectivity index (χ0v) is 15.8. The molecule has 0 N–H and O–H groups in total. The lowest BCUT2D eigenvalue weighted by Crippen LogP contribution is -2.59. The lowest BCUT2D eigenvalue weighted by Gasteiger charge is -2.49. The summed E-state index contributed by atoms with van der Waals surface area (Å²) in [6.07, 6.45) is 4.53. The minimum absolute atomic E-state index is 0.266. The zero-order valence-electron chi connectivity index (χ0n) is 15.8. The number of amides is 2. The lowest BCUT2D eigenvalue weighted by molar-refractivity contribution is -0.116. The Morgan fingerprint density at radius 2 is 1.81 bits per heavy atom. The van der Waals surface area contributed by atoms with Gasteiger partial charge in [-0.2, -0.15) is 0 Å². The Kier molecular flexibility index (Phi) is 4.97. The SMILES string of the molecule is CC(C)(C)OC(=O)N1CCC2(CC=CC(=O)N2c2ccc(F)c(F)c2)CC1. The van der Waals surface area contributed by atoms with E-state index in [1.165, 1.54) is 12.1 Å². The number of likely N-dealkylation sites (tertiary alicyclic amines) is 1. The Morgan fingerprint density at radius 3 is 2.41 bits per heavy atom. The average molecular weight is 378 g/mol. The van der Waals surface area contributed by atoms with E-state index in [1.54, 1.807) is 9.80 Å². The number of halogens is 2. The molecule has 2 heterocycles. The van der Waals surface area contributed by atoms with Crippen LogP contribution in [0.5, 0.6) is 0 Å². The fraction of sp³-hybridized carbons (Fsp3) is 0.500. The Hall–Kier alpha value is -2.44. The molecular weight excluding hydrogens is 354 g/mol. The second-order valence-electron chi connectivity index (χ2n) is 8.07. The fourth-order valence-corrected chi connectivity index (χ4v) is 3.66. The van der Waals surface area contributed by atoms with Crippen LogP contribution in [0.25, 0.3) is 0 Å². The molecular formula is C20H24F2N2O3. The summed E-state index contributed by atoms with van der Waals surface area (Å²) in [4.78, 5) is 28.1. The van der Waals surface area contributed by atoms with Crippen LogP contribution >= 0.6 is 0 Å². The van der Waals surface area contributed by atoms with Gasteiger partial charge in [0.15, 0.2) is 11.6 Å². The van der Waals surface area contributed by atoms with Crippen LogP contribution in [-0.2, 0) is 9.53 Å². The molecule has 0 radical (unpaired) electrons. The minimum atomic E-state index is -0.990. The van der Waals surface area contributed by atoms with Crippen molar-refractivity contribution in [1.82, 2.24) is 4.90 Å². The van der Waals surface area contributed by atoms with Crippen LogP contribution in [0.15, 0.2) is 30.4 Å². The van der Waals surface area contributed by atoms with E-state index in [9.17, 15) is 18.4 Å². The molecule has 0 aromatic heterocycles. The van der Waals surface area contributed by atoms with Gasteiger partial charge >= 0.3 is 6.09 Å². The topological polar surface area (TPSA) is 49.9 Å². The first-order valence-corrected chi connectivity index (χ1v) is 9.05. The minimum Gasteiger partial charge on any atom is -0.444 e. The molecule has 1 fully saturated rings. The van der Waals surface area contributed by atoms with Crippen molar-refractivity contribution in [3.05, 3.63) is 42.0 Å². The summed E-state index contributed by atoms with van der Waals surface area (Å²) in [6.45, 7) is 6.29. The summed E-state index contributed by atoms with van der Waals surface area (Å²) in [5, 5.41) is 0. The summed E-state index contributed by atoms with van der Waals surface area (Å²) in [7, 11) is 0. The van der Waals surface area contributed by atoms with Gasteiger partial charge in [0.1, 0.15) is 5.60 Å². The van der Waals surface area contributed by atoms with Gasteiger partial charge in [-0.15, -0.1) is 0 Å². The van der Waals surface area contributed by atoms with Crippen LogP contribution in [0, 0.1) is 11.6 Å². The van der Waals surface area contributed by atoms with Crippen molar-refractivity contribution in [1.29, 1.82) is 0 Å². The Labute approximate surface area is 157 Å². The largest absolute Gasteiger partial charge is 0.444 e. The molecule has 1 spiro atoms. The van der Waals surface area contributed by atoms with Crippen LogP contribution < -0.4 is 4.90 Å². The number of carbonyl (C=O) groups excluding carboxylic acids is 2. The van der Waals surface area contributed by atoms with E-state index in [2.05, 4.69) is 0 Å². The Balaban J connectivity index is 1.82. The van der Waals surface area contributed by atoms with E-state index < -0.39 is 22.8 Å². The lowest BCUT2D eigenvalue weighted by atomic mass is 9.80. The maximum absolute atomic E-state index is 13.7. The van der Waals surface area contributed by atoms with Gasteiger partial charge < -0.3 is 14.5 Å². The van der Waals surface area contributed by atoms with Crippen molar-refractivity contribution in [2.24, 2.45) is 0 Å². The van der Waals surface area contributed by atoms with E-state index >= 15 is 0 Å². The highest BCUT2D eigenvalue weighted by atomic mass is 19.2. The number of nitrogens with zero attached hydrogens (tertiary/aromatic N) is 2. The van der Waals surface area contributed by atoms with Gasteiger partial charge in [0.05, 0.1) is 5.54 Å². The average Bonchev–Trinajstić information content (AvgIpc) is 2.57. The highest BCUT2D eigenvalue weighted by Gasteiger charge is 2.45. The first-order valence-electron chi connectivity index (χ1n) is 9.05. The molecule has 0 bridgehead atoms. The van der Waals surface area contributed by atoms with Gasteiger partial charge in [-0.25, -0.2) is 13.6 Å². The molecule has 0 unspecified atom stereocenters. The van der Waals surface area contributed by atoms with Crippen molar-refractivity contribution < 1.29 is 23.1 Å². The summed E-state index contributed by atoms with van der Waals surface area (Å²) >= 11 is 0. The van der Waals surface area contributed by atoms with Crippen molar-refractivity contribution >= 4 is 17.7 Å². The molecule has 0 aliphatic carbocycles. The number of hydrogen-bond donors (Lipinski definition) is 0. The maximum Gasteiger partial charge on any atom is 0.410 e. The van der Waals surface area contributed by atoms with E-state index in [0.29, 0.717) is 38.0 Å². The van der Waals surface area contributed by atoms with E-state index in [0.717, 1.165) is 12.1 Å². The van der Waals surface area contributed by atoms with Crippen molar-refractivity contribution in [3.8, 4) is 0 Å². The highest BCUT2D eigenvalue weighted by molar-refractivity contribution is 6.03. The van der Waals surface area contributed by atoms with Crippen LogP contribution in [0.2, 0.25) is 0 Å². The third-order valence-electron chi connectivity index (χ3n) is 4.96. The van der Waals surface area contributed by atoms with Crippen LogP contribution in [0.1, 0.15) is 40.0 Å². The summed E-state index contributed by atoms with van der Waals surface area (Å²) in [6, 6.07) is 3.49. The normalized spacial score (nSPS) is 19.5. The number of anilines is 1. The van der Waals surface area contributed by atoms with E-state index in [-0.39, 0.29) is 12.0 Å². The van der Waals surface area contributed by atoms with Gasteiger partial charge in [0, 0.05) is 24.8 Å². The molecule has 3 rings (SSSR count). The number of carbonyl (C=O) groups is 2. The molecule has 146 valence electrons. The van der Waals surface area contributed by atoms with Crippen LogP contribution in [-0.4, -0.2) is 41.1 Å². The number of rotatable bonds is 1. The van der Waals surface area contributed by atoms with E-state index in [1.807, 2.05) is 26.8 Å².